The Kier molecular flexibility index (Phi) is 6.22. The van der Waals surface area contributed by atoms with Crippen LogP contribution in [-0.4, -0.2) is 26.3 Å². The van der Waals surface area contributed by atoms with E-state index in [1.54, 1.807) is 0 Å². The highest BCUT2D eigenvalue weighted by Gasteiger charge is 2.38. The van der Waals surface area contributed by atoms with Crippen molar-refractivity contribution >= 4 is 11.8 Å². The summed E-state index contributed by atoms with van der Waals surface area (Å²) in [6, 6.07) is 8.92. The van der Waals surface area contributed by atoms with Crippen LogP contribution in [0.4, 0.5) is 5.69 Å². The monoisotopic (exact) mass is 367 g/mol. The van der Waals surface area contributed by atoms with Crippen LogP contribution in [0.25, 0.3) is 6.08 Å². The highest BCUT2D eigenvalue weighted by Crippen LogP contribution is 2.42. The van der Waals surface area contributed by atoms with Gasteiger partial charge in [0.05, 0.1) is 12.2 Å². The van der Waals surface area contributed by atoms with Crippen molar-refractivity contribution in [2.24, 2.45) is 17.8 Å². The lowest BCUT2D eigenvalue weighted by Crippen LogP contribution is -2.39. The molecule has 4 rings (SSSR count). The van der Waals surface area contributed by atoms with E-state index in [0.717, 1.165) is 11.8 Å². The zero-order valence-corrected chi connectivity index (χ0v) is 17.3. The third kappa shape index (κ3) is 4.77. The van der Waals surface area contributed by atoms with E-state index in [9.17, 15) is 0 Å². The van der Waals surface area contributed by atoms with Crippen molar-refractivity contribution in [2.75, 3.05) is 19.0 Å². The summed E-state index contributed by atoms with van der Waals surface area (Å²) in [5, 5.41) is 0. The molecular formula is C25H37NO. The number of benzene rings is 1. The lowest BCUT2D eigenvalue weighted by atomic mass is 9.81. The molecule has 0 amide bonds. The van der Waals surface area contributed by atoms with Crippen LogP contribution < -0.4 is 4.90 Å². The van der Waals surface area contributed by atoms with Gasteiger partial charge in [0.1, 0.15) is 0 Å². The summed E-state index contributed by atoms with van der Waals surface area (Å²) in [5.41, 5.74) is 2.59. The second kappa shape index (κ2) is 8.82. The summed E-state index contributed by atoms with van der Waals surface area (Å²) in [7, 11) is 4.19. The molecule has 3 fully saturated rings. The zero-order valence-electron chi connectivity index (χ0n) is 17.3. The van der Waals surface area contributed by atoms with Crippen molar-refractivity contribution in [3.8, 4) is 0 Å². The topological polar surface area (TPSA) is 12.5 Å². The van der Waals surface area contributed by atoms with Crippen LogP contribution >= 0.6 is 0 Å². The molecule has 2 nitrogen and oxygen atoms in total. The molecule has 27 heavy (non-hydrogen) atoms. The lowest BCUT2D eigenvalue weighted by Gasteiger charge is -2.40. The van der Waals surface area contributed by atoms with E-state index in [-0.39, 0.29) is 0 Å². The van der Waals surface area contributed by atoms with Crippen molar-refractivity contribution in [2.45, 2.75) is 76.4 Å². The van der Waals surface area contributed by atoms with Crippen molar-refractivity contribution in [3.63, 3.8) is 0 Å². The minimum atomic E-state index is 0.512. The van der Waals surface area contributed by atoms with E-state index in [2.05, 4.69) is 55.4 Å². The van der Waals surface area contributed by atoms with Gasteiger partial charge in [-0.1, -0.05) is 50.0 Å². The Labute approximate surface area is 166 Å². The summed E-state index contributed by atoms with van der Waals surface area (Å²) >= 11 is 0. The Morgan fingerprint density at radius 1 is 0.815 bits per heavy atom. The first-order valence-corrected chi connectivity index (χ1v) is 11.3. The average molecular weight is 368 g/mol. The average Bonchev–Trinajstić information content (AvgIpc) is 3.40. The third-order valence-corrected chi connectivity index (χ3v) is 7.24. The summed E-state index contributed by atoms with van der Waals surface area (Å²) in [5.74, 6) is 2.33. The molecule has 2 heteroatoms. The van der Waals surface area contributed by atoms with E-state index in [1.807, 2.05) is 0 Å². The standard InChI is InChI=1S/C25H37NO/c1-26(2)23-15-13-19(14-16-23)11-12-20-17-24(21-7-3-4-8-21)27-25(18-20)22-9-5-6-10-22/h11-16,20-22,24-25H,3-10,17-18H2,1-2H3. The first-order chi connectivity index (χ1) is 13.2. The van der Waals surface area contributed by atoms with Gasteiger partial charge in [0.15, 0.2) is 0 Å². The maximum atomic E-state index is 6.74. The van der Waals surface area contributed by atoms with Crippen LogP contribution in [0.2, 0.25) is 0 Å². The Balaban J connectivity index is 1.44. The third-order valence-electron chi connectivity index (χ3n) is 7.24. The molecule has 2 saturated carbocycles. The maximum absolute atomic E-state index is 6.74. The summed E-state index contributed by atoms with van der Waals surface area (Å²) < 4.78 is 6.74. The molecule has 148 valence electrons. The van der Waals surface area contributed by atoms with Crippen LogP contribution in [0, 0.1) is 17.8 Å². The fourth-order valence-electron chi connectivity index (χ4n) is 5.58. The van der Waals surface area contributed by atoms with E-state index in [1.165, 1.54) is 75.5 Å². The molecule has 1 aromatic rings. The van der Waals surface area contributed by atoms with Gasteiger partial charge in [-0.15, -0.1) is 0 Å². The molecule has 0 spiro atoms. The number of ether oxygens (including phenoxy) is 1. The first-order valence-electron chi connectivity index (χ1n) is 11.3. The van der Waals surface area contributed by atoms with Gasteiger partial charge in [0, 0.05) is 19.8 Å². The van der Waals surface area contributed by atoms with Gasteiger partial charge in [-0.25, -0.2) is 0 Å². The second-order valence-electron chi connectivity index (χ2n) is 9.38. The number of anilines is 1. The van der Waals surface area contributed by atoms with Crippen molar-refractivity contribution in [1.29, 1.82) is 0 Å². The molecule has 2 atom stereocenters. The van der Waals surface area contributed by atoms with E-state index < -0.39 is 0 Å². The smallest absolute Gasteiger partial charge is 0.0612 e. The van der Waals surface area contributed by atoms with E-state index >= 15 is 0 Å². The Morgan fingerprint density at radius 2 is 1.33 bits per heavy atom. The van der Waals surface area contributed by atoms with Gasteiger partial charge in [0.25, 0.3) is 0 Å². The number of nitrogens with zero attached hydrogens (tertiary/aromatic N) is 1. The Bertz CT molecular complexity index is 584. The van der Waals surface area contributed by atoms with E-state index in [4.69, 9.17) is 4.74 Å². The zero-order chi connectivity index (χ0) is 18.6. The van der Waals surface area contributed by atoms with E-state index in [0.29, 0.717) is 18.1 Å². The van der Waals surface area contributed by atoms with Crippen molar-refractivity contribution in [1.82, 2.24) is 0 Å². The molecule has 0 aromatic heterocycles. The Morgan fingerprint density at radius 3 is 1.81 bits per heavy atom. The number of hydrogen-bond donors (Lipinski definition) is 0. The lowest BCUT2D eigenvalue weighted by molar-refractivity contribution is -0.110. The molecule has 2 unspecified atom stereocenters. The quantitative estimate of drug-likeness (QED) is 0.604. The summed E-state index contributed by atoms with van der Waals surface area (Å²) in [4.78, 5) is 2.16. The molecule has 3 aliphatic rings. The molecule has 0 N–H and O–H groups in total. The summed E-state index contributed by atoms with van der Waals surface area (Å²) in [6.45, 7) is 0. The van der Waals surface area contributed by atoms with Crippen molar-refractivity contribution < 1.29 is 4.74 Å². The molecule has 0 bridgehead atoms. The second-order valence-corrected chi connectivity index (χ2v) is 9.38. The van der Waals surface area contributed by atoms with Gasteiger partial charge < -0.3 is 9.64 Å². The Hall–Kier alpha value is -1.28. The molecule has 1 aromatic carbocycles. The van der Waals surface area contributed by atoms with Crippen LogP contribution in [0.1, 0.15) is 69.8 Å². The molecule has 1 saturated heterocycles. The number of allylic oxidation sites excluding steroid dienone is 1. The van der Waals surface area contributed by atoms with Crippen LogP contribution in [0.3, 0.4) is 0 Å². The molecular weight excluding hydrogens is 330 g/mol. The van der Waals surface area contributed by atoms with Gasteiger partial charge in [-0.2, -0.15) is 0 Å². The van der Waals surface area contributed by atoms with Crippen molar-refractivity contribution in [3.05, 3.63) is 35.9 Å². The van der Waals surface area contributed by atoms with Gasteiger partial charge >= 0.3 is 0 Å². The van der Waals surface area contributed by atoms with Crippen LogP contribution in [0.5, 0.6) is 0 Å². The van der Waals surface area contributed by atoms with Gasteiger partial charge in [0.2, 0.25) is 0 Å². The van der Waals surface area contributed by atoms with Gasteiger partial charge in [-0.3, -0.25) is 0 Å². The first kappa shape index (κ1) is 19.1. The van der Waals surface area contributed by atoms with Crippen LogP contribution in [-0.2, 0) is 4.74 Å². The predicted molar refractivity (Wildman–Crippen MR) is 115 cm³/mol. The molecule has 1 heterocycles. The molecule has 0 radical (unpaired) electrons. The minimum absolute atomic E-state index is 0.512. The molecule has 1 aliphatic heterocycles. The maximum Gasteiger partial charge on any atom is 0.0612 e. The minimum Gasteiger partial charge on any atom is -0.378 e. The molecule has 2 aliphatic carbocycles. The highest BCUT2D eigenvalue weighted by atomic mass is 16.5. The highest BCUT2D eigenvalue weighted by molar-refractivity contribution is 5.55. The number of rotatable bonds is 5. The fraction of sp³-hybridized carbons (Fsp3) is 0.680. The normalized spacial score (nSPS) is 30.4. The summed E-state index contributed by atoms with van der Waals surface area (Å²) in [6.07, 6.45) is 19.6. The van der Waals surface area contributed by atoms with Gasteiger partial charge in [-0.05, 0) is 74.0 Å². The SMILES string of the molecule is CN(C)c1ccc(C=CC2CC(C3CCCC3)OC(C3CCCC3)C2)cc1. The van der Waals surface area contributed by atoms with Crippen LogP contribution in [0.15, 0.2) is 30.3 Å². The predicted octanol–water partition coefficient (Wildman–Crippen LogP) is 6.31. The largest absolute Gasteiger partial charge is 0.378 e. The number of hydrogen-bond acceptors (Lipinski definition) is 2. The fourth-order valence-corrected chi connectivity index (χ4v) is 5.58.